The molecule has 1 rings (SSSR count). The third kappa shape index (κ3) is 4.01. The zero-order valence-corrected chi connectivity index (χ0v) is 13.1. The standard InChI is InChI=1S/C14H22FNO3S/c1-9(2)13(5-6-17)16-20(18,19)14-10(3)7-12(15)8-11(14)4/h7-9,13,16-17H,5-6H2,1-4H3. The van der Waals surface area contributed by atoms with E-state index in [2.05, 4.69) is 4.72 Å². The van der Waals surface area contributed by atoms with Crippen LogP contribution in [0.5, 0.6) is 0 Å². The van der Waals surface area contributed by atoms with Gasteiger partial charge < -0.3 is 5.11 Å². The molecular formula is C14H22FNO3S. The van der Waals surface area contributed by atoms with Crippen LogP contribution in [0.15, 0.2) is 17.0 Å². The molecule has 0 aliphatic rings. The van der Waals surface area contributed by atoms with Gasteiger partial charge in [-0.05, 0) is 49.4 Å². The SMILES string of the molecule is Cc1cc(F)cc(C)c1S(=O)(=O)NC(CCO)C(C)C. The van der Waals surface area contributed by atoms with Crippen LogP contribution in [0.4, 0.5) is 4.39 Å². The maximum absolute atomic E-state index is 13.3. The van der Waals surface area contributed by atoms with E-state index in [0.29, 0.717) is 17.5 Å². The fourth-order valence-corrected chi connectivity index (χ4v) is 4.12. The highest BCUT2D eigenvalue weighted by atomic mass is 32.2. The molecule has 6 heteroatoms. The van der Waals surface area contributed by atoms with Crippen molar-refractivity contribution >= 4 is 10.0 Å². The van der Waals surface area contributed by atoms with Gasteiger partial charge in [-0.1, -0.05) is 13.8 Å². The summed E-state index contributed by atoms with van der Waals surface area (Å²) in [5.41, 5.74) is 0.753. The van der Waals surface area contributed by atoms with Gasteiger partial charge in [0.15, 0.2) is 0 Å². The molecule has 1 aromatic carbocycles. The Kier molecular flexibility index (Phi) is 5.68. The number of hydrogen-bond acceptors (Lipinski definition) is 3. The highest BCUT2D eigenvalue weighted by molar-refractivity contribution is 7.89. The van der Waals surface area contributed by atoms with Gasteiger partial charge in [-0.25, -0.2) is 17.5 Å². The predicted octanol–water partition coefficient (Wildman–Crippen LogP) is 2.13. The van der Waals surface area contributed by atoms with Gasteiger partial charge in [0.05, 0.1) is 4.90 Å². The summed E-state index contributed by atoms with van der Waals surface area (Å²) in [6, 6.07) is 2.06. The number of halogens is 1. The van der Waals surface area contributed by atoms with Gasteiger partial charge in [-0.2, -0.15) is 0 Å². The largest absolute Gasteiger partial charge is 0.396 e. The molecule has 4 nitrogen and oxygen atoms in total. The third-order valence-electron chi connectivity index (χ3n) is 3.25. The molecule has 0 saturated heterocycles. The van der Waals surface area contributed by atoms with Gasteiger partial charge in [-0.3, -0.25) is 0 Å². The van der Waals surface area contributed by atoms with Crippen LogP contribution in [-0.2, 0) is 10.0 Å². The van der Waals surface area contributed by atoms with E-state index in [9.17, 15) is 12.8 Å². The lowest BCUT2D eigenvalue weighted by molar-refractivity contribution is 0.256. The Morgan fingerprint density at radius 1 is 1.25 bits per heavy atom. The average molecular weight is 303 g/mol. The van der Waals surface area contributed by atoms with E-state index in [0.717, 1.165) is 0 Å². The number of sulfonamides is 1. The molecular weight excluding hydrogens is 281 g/mol. The van der Waals surface area contributed by atoms with E-state index in [1.807, 2.05) is 13.8 Å². The van der Waals surface area contributed by atoms with E-state index in [1.54, 1.807) is 13.8 Å². The third-order valence-corrected chi connectivity index (χ3v) is 5.04. The van der Waals surface area contributed by atoms with E-state index in [1.165, 1.54) is 12.1 Å². The highest BCUT2D eigenvalue weighted by Crippen LogP contribution is 2.22. The molecule has 2 N–H and O–H groups in total. The molecule has 0 heterocycles. The van der Waals surface area contributed by atoms with Crippen molar-refractivity contribution in [1.29, 1.82) is 0 Å². The molecule has 0 aromatic heterocycles. The van der Waals surface area contributed by atoms with Crippen molar-refractivity contribution in [2.45, 2.75) is 45.1 Å². The van der Waals surface area contributed by atoms with Crippen LogP contribution in [0.2, 0.25) is 0 Å². The van der Waals surface area contributed by atoms with Gasteiger partial charge in [0.25, 0.3) is 0 Å². The zero-order chi connectivity index (χ0) is 15.5. The Morgan fingerprint density at radius 2 is 1.75 bits per heavy atom. The molecule has 1 aromatic rings. The van der Waals surface area contributed by atoms with Gasteiger partial charge in [0.1, 0.15) is 5.82 Å². The van der Waals surface area contributed by atoms with E-state index in [4.69, 9.17) is 5.11 Å². The number of rotatable bonds is 6. The lowest BCUT2D eigenvalue weighted by atomic mass is 10.0. The van der Waals surface area contributed by atoms with Gasteiger partial charge in [0, 0.05) is 12.6 Å². The smallest absolute Gasteiger partial charge is 0.241 e. The molecule has 0 aliphatic heterocycles. The molecule has 0 amide bonds. The highest BCUT2D eigenvalue weighted by Gasteiger charge is 2.25. The van der Waals surface area contributed by atoms with Crippen LogP contribution in [0.25, 0.3) is 0 Å². The Balaban J connectivity index is 3.17. The first-order valence-corrected chi connectivity index (χ1v) is 8.07. The summed E-state index contributed by atoms with van der Waals surface area (Å²) in [6.45, 7) is 6.81. The second-order valence-corrected chi connectivity index (χ2v) is 7.00. The van der Waals surface area contributed by atoms with Crippen LogP contribution in [0.1, 0.15) is 31.4 Å². The summed E-state index contributed by atoms with van der Waals surface area (Å²) in [5.74, 6) is -0.396. The van der Waals surface area contributed by atoms with Gasteiger partial charge in [-0.15, -0.1) is 0 Å². The molecule has 0 aliphatic carbocycles. The average Bonchev–Trinajstić information content (AvgIpc) is 2.25. The van der Waals surface area contributed by atoms with Crippen molar-refractivity contribution < 1.29 is 17.9 Å². The normalized spacial score (nSPS) is 13.8. The van der Waals surface area contributed by atoms with Gasteiger partial charge in [0.2, 0.25) is 10.0 Å². The molecule has 0 spiro atoms. The number of aryl methyl sites for hydroxylation is 2. The summed E-state index contributed by atoms with van der Waals surface area (Å²) in [4.78, 5) is 0.113. The molecule has 20 heavy (non-hydrogen) atoms. The van der Waals surface area contributed by atoms with Crippen LogP contribution in [-0.4, -0.2) is 26.2 Å². The van der Waals surface area contributed by atoms with Crippen molar-refractivity contribution in [3.8, 4) is 0 Å². The Hall–Kier alpha value is -0.980. The van der Waals surface area contributed by atoms with Crippen LogP contribution in [0, 0.1) is 25.6 Å². The fraction of sp³-hybridized carbons (Fsp3) is 0.571. The first-order chi connectivity index (χ1) is 9.19. The lowest BCUT2D eigenvalue weighted by Gasteiger charge is -2.22. The summed E-state index contributed by atoms with van der Waals surface area (Å²) in [5, 5.41) is 9.01. The van der Waals surface area contributed by atoms with E-state index in [-0.39, 0.29) is 23.5 Å². The van der Waals surface area contributed by atoms with Crippen LogP contribution >= 0.6 is 0 Å². The van der Waals surface area contributed by atoms with E-state index >= 15 is 0 Å². The first kappa shape index (κ1) is 17.1. The summed E-state index contributed by atoms with van der Waals surface area (Å²) in [7, 11) is -3.73. The Bertz CT molecular complexity index is 547. The van der Waals surface area contributed by atoms with E-state index < -0.39 is 15.8 Å². The van der Waals surface area contributed by atoms with Crippen molar-refractivity contribution in [1.82, 2.24) is 4.72 Å². The maximum atomic E-state index is 13.3. The van der Waals surface area contributed by atoms with Crippen LogP contribution in [0.3, 0.4) is 0 Å². The van der Waals surface area contributed by atoms with Crippen molar-refractivity contribution in [3.05, 3.63) is 29.1 Å². The molecule has 0 bridgehead atoms. The van der Waals surface area contributed by atoms with Crippen molar-refractivity contribution in [2.75, 3.05) is 6.61 Å². The lowest BCUT2D eigenvalue weighted by Crippen LogP contribution is -2.39. The van der Waals surface area contributed by atoms with Crippen molar-refractivity contribution in [2.24, 2.45) is 5.92 Å². The number of nitrogens with one attached hydrogen (secondary N) is 1. The Morgan fingerprint density at radius 3 is 2.15 bits per heavy atom. The molecule has 0 radical (unpaired) electrons. The van der Waals surface area contributed by atoms with Crippen molar-refractivity contribution in [3.63, 3.8) is 0 Å². The summed E-state index contributed by atoms with van der Waals surface area (Å²) in [6.07, 6.45) is 0.343. The molecule has 1 atom stereocenters. The molecule has 1 unspecified atom stereocenters. The minimum atomic E-state index is -3.73. The topological polar surface area (TPSA) is 66.4 Å². The monoisotopic (exact) mass is 303 g/mol. The predicted molar refractivity (Wildman–Crippen MR) is 76.5 cm³/mol. The Labute approximate surface area is 120 Å². The number of aliphatic hydroxyl groups excluding tert-OH is 1. The molecule has 0 saturated carbocycles. The second kappa shape index (κ2) is 6.65. The van der Waals surface area contributed by atoms with Gasteiger partial charge >= 0.3 is 0 Å². The first-order valence-electron chi connectivity index (χ1n) is 6.59. The molecule has 114 valence electrons. The molecule has 0 fully saturated rings. The number of aliphatic hydroxyl groups is 1. The minimum Gasteiger partial charge on any atom is -0.396 e. The minimum absolute atomic E-state index is 0.0537. The fourth-order valence-electron chi connectivity index (χ4n) is 2.25. The summed E-state index contributed by atoms with van der Waals surface area (Å²) >= 11 is 0. The summed E-state index contributed by atoms with van der Waals surface area (Å²) < 4.78 is 40.8. The maximum Gasteiger partial charge on any atom is 0.241 e. The number of benzene rings is 1. The second-order valence-electron chi connectivity index (χ2n) is 5.35. The van der Waals surface area contributed by atoms with Crippen LogP contribution < -0.4 is 4.72 Å². The zero-order valence-electron chi connectivity index (χ0n) is 12.3. The quantitative estimate of drug-likeness (QED) is 0.846. The number of hydrogen-bond donors (Lipinski definition) is 2.